The number of aromatic nitrogens is 2. The fourth-order valence-corrected chi connectivity index (χ4v) is 4.29. The van der Waals surface area contributed by atoms with E-state index in [1.165, 1.54) is 35.9 Å². The summed E-state index contributed by atoms with van der Waals surface area (Å²) >= 11 is 0. The van der Waals surface area contributed by atoms with Crippen LogP contribution in [0.1, 0.15) is 49.3 Å². The van der Waals surface area contributed by atoms with Gasteiger partial charge in [0.2, 0.25) is 0 Å². The first kappa shape index (κ1) is 23.2. The highest BCUT2D eigenvalue weighted by atomic mass is 35.5. The maximum atomic E-state index is 10.9. The van der Waals surface area contributed by atoms with Gasteiger partial charge >= 0.3 is 5.97 Å². The lowest BCUT2D eigenvalue weighted by atomic mass is 9.91. The molecule has 0 bridgehead atoms. The Morgan fingerprint density at radius 3 is 2.59 bits per heavy atom. The van der Waals surface area contributed by atoms with Gasteiger partial charge in [-0.2, -0.15) is 5.10 Å². The number of aromatic amines is 1. The zero-order valence-corrected chi connectivity index (χ0v) is 17.5. The van der Waals surface area contributed by atoms with Crippen LogP contribution in [0.4, 0.5) is 0 Å². The minimum absolute atomic E-state index is 0. The number of piperidine rings is 2. The number of likely N-dealkylation sites (tertiary alicyclic amines) is 2. The molecule has 0 aliphatic carbocycles. The lowest BCUT2D eigenvalue weighted by Gasteiger charge is -2.30. The summed E-state index contributed by atoms with van der Waals surface area (Å²) in [5.41, 5.74) is 3.40. The fraction of sp³-hybridized carbons (Fsp3) is 0.524. The van der Waals surface area contributed by atoms with Crippen LogP contribution in [0.3, 0.4) is 0 Å². The van der Waals surface area contributed by atoms with Gasteiger partial charge in [0.1, 0.15) is 0 Å². The number of nitrogens with zero attached hydrogens (tertiary/aromatic N) is 3. The molecule has 0 atom stereocenters. The predicted octanol–water partition coefficient (Wildman–Crippen LogP) is 2.88. The van der Waals surface area contributed by atoms with Crippen LogP contribution < -0.4 is 0 Å². The molecule has 3 heterocycles. The first-order valence-electron chi connectivity index (χ1n) is 10.0. The van der Waals surface area contributed by atoms with Crippen molar-refractivity contribution in [1.82, 2.24) is 20.0 Å². The zero-order chi connectivity index (χ0) is 18.6. The van der Waals surface area contributed by atoms with Gasteiger partial charge in [-0.05, 0) is 69.1 Å². The molecule has 0 saturated carbocycles. The van der Waals surface area contributed by atoms with Crippen molar-refractivity contribution in [2.75, 3.05) is 32.7 Å². The van der Waals surface area contributed by atoms with Crippen LogP contribution >= 0.6 is 12.4 Å². The number of aliphatic carboxylic acids is 1. The normalized spacial score (nSPS) is 18.6. The number of nitrogens with one attached hydrogen (secondary N) is 1. The summed E-state index contributed by atoms with van der Waals surface area (Å²) in [6.07, 6.45) is 10.3. The van der Waals surface area contributed by atoms with Crippen LogP contribution in [0.2, 0.25) is 0 Å². The maximum Gasteiger partial charge on any atom is 0.317 e. The summed E-state index contributed by atoms with van der Waals surface area (Å²) in [6.45, 7) is 4.11. The van der Waals surface area contributed by atoms with Gasteiger partial charge in [-0.3, -0.25) is 14.8 Å². The third-order valence-corrected chi connectivity index (χ3v) is 5.83. The summed E-state index contributed by atoms with van der Waals surface area (Å²) in [5.74, 6) is -0.319. The Morgan fingerprint density at radius 1 is 1.17 bits per heavy atom. The molecule has 2 aliphatic rings. The Balaban J connectivity index is 0.00000150. The summed E-state index contributed by atoms with van der Waals surface area (Å²) < 4.78 is 0. The molecule has 2 fully saturated rings. The average molecular weight is 423 g/mol. The number of carbonyl (C=O) groups is 1. The summed E-state index contributed by atoms with van der Waals surface area (Å²) in [6, 6.07) is 6.49. The number of fused-ring (bicyclic) bond motifs is 1. The molecule has 2 aliphatic heterocycles. The number of halogens is 1. The van der Waals surface area contributed by atoms with E-state index in [-0.39, 0.29) is 24.4 Å². The molecule has 0 radical (unpaired) electrons. The summed E-state index contributed by atoms with van der Waals surface area (Å²) in [7, 11) is 0. The summed E-state index contributed by atoms with van der Waals surface area (Å²) in [4.78, 5) is 15.3. The largest absolute Gasteiger partial charge is 0.480 e. The minimum atomic E-state index is -0.745. The highest BCUT2D eigenvalue weighted by Crippen LogP contribution is 2.32. The molecule has 1 aromatic heterocycles. The van der Waals surface area contributed by atoms with E-state index in [1.807, 2.05) is 4.90 Å². The third-order valence-electron chi connectivity index (χ3n) is 5.83. The number of hydrogen-bond donors (Lipinski definition) is 2. The predicted molar refractivity (Wildman–Crippen MR) is 117 cm³/mol. The van der Waals surface area contributed by atoms with Crippen LogP contribution in [0, 0.1) is 0 Å². The quantitative estimate of drug-likeness (QED) is 0.770. The second-order valence-electron chi connectivity index (χ2n) is 7.77. The van der Waals surface area contributed by atoms with E-state index in [0.717, 1.165) is 44.5 Å². The van der Waals surface area contributed by atoms with E-state index < -0.39 is 5.97 Å². The number of benzene rings is 1. The van der Waals surface area contributed by atoms with Crippen LogP contribution in [0.25, 0.3) is 17.0 Å². The van der Waals surface area contributed by atoms with Gasteiger partial charge in [0.25, 0.3) is 0 Å². The van der Waals surface area contributed by atoms with Crippen molar-refractivity contribution in [1.29, 1.82) is 0 Å². The van der Waals surface area contributed by atoms with E-state index in [1.54, 1.807) is 0 Å². The van der Waals surface area contributed by atoms with Gasteiger partial charge in [-0.15, -0.1) is 12.4 Å². The Kier molecular flexibility index (Phi) is 8.49. The van der Waals surface area contributed by atoms with Gasteiger partial charge in [-0.1, -0.05) is 12.1 Å². The molecule has 160 valence electrons. The van der Waals surface area contributed by atoms with Gasteiger partial charge in [0.05, 0.1) is 12.1 Å². The lowest BCUT2D eigenvalue weighted by Crippen LogP contribution is -2.36. The Bertz CT molecular complexity index is 824. The number of rotatable bonds is 5. The molecule has 0 spiro atoms. The fourth-order valence-electron chi connectivity index (χ4n) is 4.29. The van der Waals surface area contributed by atoms with Gasteiger partial charge < -0.3 is 15.5 Å². The van der Waals surface area contributed by atoms with Crippen molar-refractivity contribution < 1.29 is 15.4 Å². The molecule has 4 rings (SSSR count). The summed E-state index contributed by atoms with van der Waals surface area (Å²) in [5, 5.41) is 17.9. The van der Waals surface area contributed by atoms with Gasteiger partial charge in [0, 0.05) is 30.1 Å². The molecule has 29 heavy (non-hydrogen) atoms. The van der Waals surface area contributed by atoms with Gasteiger partial charge in [0.15, 0.2) is 0 Å². The van der Waals surface area contributed by atoms with Crippen molar-refractivity contribution in [3.05, 3.63) is 35.7 Å². The topological polar surface area (TPSA) is 104 Å². The first-order chi connectivity index (χ1) is 13.2. The number of carboxylic acids is 1. The molecule has 8 heteroatoms. The van der Waals surface area contributed by atoms with Crippen LogP contribution in [-0.2, 0) is 4.79 Å². The number of hydrogen-bond acceptors (Lipinski definition) is 4. The van der Waals surface area contributed by atoms with Crippen molar-refractivity contribution in [2.45, 2.75) is 38.0 Å². The van der Waals surface area contributed by atoms with E-state index in [0.29, 0.717) is 5.92 Å². The molecule has 0 unspecified atom stereocenters. The molecule has 1 aromatic carbocycles. The Hall–Kier alpha value is -2.09. The van der Waals surface area contributed by atoms with E-state index >= 15 is 0 Å². The van der Waals surface area contributed by atoms with Crippen LogP contribution in [0.15, 0.2) is 24.4 Å². The molecule has 2 aromatic rings. The van der Waals surface area contributed by atoms with Crippen molar-refractivity contribution in [3.63, 3.8) is 0 Å². The van der Waals surface area contributed by atoms with E-state index in [4.69, 9.17) is 5.11 Å². The highest BCUT2D eigenvalue weighted by Gasteiger charge is 2.24. The lowest BCUT2D eigenvalue weighted by molar-refractivity contribution is -0.138. The smallest absolute Gasteiger partial charge is 0.317 e. The Labute approximate surface area is 177 Å². The van der Waals surface area contributed by atoms with E-state index in [9.17, 15) is 4.79 Å². The second-order valence-corrected chi connectivity index (χ2v) is 7.77. The minimum Gasteiger partial charge on any atom is -0.480 e. The van der Waals surface area contributed by atoms with Crippen molar-refractivity contribution in [2.24, 2.45) is 0 Å². The second kappa shape index (κ2) is 10.6. The zero-order valence-electron chi connectivity index (χ0n) is 16.6. The maximum absolute atomic E-state index is 10.9. The highest BCUT2D eigenvalue weighted by molar-refractivity contribution is 5.85. The van der Waals surface area contributed by atoms with Gasteiger partial charge in [-0.25, -0.2) is 0 Å². The third kappa shape index (κ3) is 5.72. The molecule has 4 N–H and O–H groups in total. The number of H-pyrrole nitrogens is 1. The molecular formula is C21H31ClN4O3. The molecule has 0 amide bonds. The SMILES string of the molecule is Cl.O.O=C(O)CN1CCC(c2[nH]nc3cc(C=CN4CCCCC4)ccc23)CC1. The number of carboxylic acid groups (broad SMARTS) is 1. The average Bonchev–Trinajstić information content (AvgIpc) is 3.10. The molecule has 2 saturated heterocycles. The van der Waals surface area contributed by atoms with Crippen LogP contribution in [0.5, 0.6) is 0 Å². The van der Waals surface area contributed by atoms with Crippen LogP contribution in [-0.4, -0.2) is 69.3 Å². The van der Waals surface area contributed by atoms with Crippen molar-refractivity contribution in [3.8, 4) is 0 Å². The molecule has 7 nitrogen and oxygen atoms in total. The van der Waals surface area contributed by atoms with Crippen molar-refractivity contribution >= 4 is 35.4 Å². The molecular weight excluding hydrogens is 392 g/mol. The Morgan fingerprint density at radius 2 is 1.90 bits per heavy atom. The standard InChI is InChI=1S/C21H28N4O2.ClH.H2O/c26-20(27)15-25-12-7-17(8-13-25)21-18-5-4-16(14-19(18)22-23-21)6-11-24-9-2-1-3-10-24;;/h4-6,11,14,17H,1-3,7-10,12-13,15H2,(H,22,23)(H,26,27);1H;1H2. The first-order valence-corrected chi connectivity index (χ1v) is 10.0. The monoisotopic (exact) mass is 422 g/mol. The van der Waals surface area contributed by atoms with E-state index in [2.05, 4.69) is 45.6 Å².